The molecule has 166 valence electrons. The molecule has 9 nitrogen and oxygen atoms in total. The van der Waals surface area contributed by atoms with Gasteiger partial charge in [-0.1, -0.05) is 35.5 Å². The van der Waals surface area contributed by atoms with Crippen LogP contribution in [0.5, 0.6) is 0 Å². The van der Waals surface area contributed by atoms with Gasteiger partial charge in [0, 0.05) is 41.7 Å². The first-order chi connectivity index (χ1) is 15.8. The number of hydrogen-bond donors (Lipinski definition) is 3. The van der Waals surface area contributed by atoms with Gasteiger partial charge in [-0.05, 0) is 25.7 Å². The highest BCUT2D eigenvalue weighted by Gasteiger charge is 2.22. The summed E-state index contributed by atoms with van der Waals surface area (Å²) in [6.07, 6.45) is 8.00. The SMILES string of the molecule is O=NC1CCC(Nc2nc(NCc3cncnc3-c3ccccc3)ncc2CNF)CC1. The highest BCUT2D eigenvalue weighted by Crippen LogP contribution is 2.26. The summed E-state index contributed by atoms with van der Waals surface area (Å²) in [5, 5.41) is 9.76. The first-order valence-electron chi connectivity index (χ1n) is 10.6. The van der Waals surface area contributed by atoms with Crippen LogP contribution in [0.4, 0.5) is 16.2 Å². The van der Waals surface area contributed by atoms with Crippen LogP contribution < -0.4 is 16.2 Å². The van der Waals surface area contributed by atoms with Crippen molar-refractivity contribution < 1.29 is 4.48 Å². The van der Waals surface area contributed by atoms with E-state index >= 15 is 0 Å². The summed E-state index contributed by atoms with van der Waals surface area (Å²) in [6, 6.07) is 9.92. The van der Waals surface area contributed by atoms with E-state index in [1.807, 2.05) is 30.3 Å². The average molecular weight is 436 g/mol. The van der Waals surface area contributed by atoms with Crippen LogP contribution >= 0.6 is 0 Å². The van der Waals surface area contributed by atoms with E-state index in [1.165, 1.54) is 6.33 Å². The summed E-state index contributed by atoms with van der Waals surface area (Å²) >= 11 is 0. The van der Waals surface area contributed by atoms with Crippen LogP contribution in [0.3, 0.4) is 0 Å². The number of anilines is 2. The normalized spacial score (nSPS) is 18.2. The first-order valence-corrected chi connectivity index (χ1v) is 10.6. The van der Waals surface area contributed by atoms with Crippen LogP contribution in [0.15, 0.2) is 54.2 Å². The van der Waals surface area contributed by atoms with Crippen LogP contribution in [0.2, 0.25) is 0 Å². The lowest BCUT2D eigenvalue weighted by molar-refractivity contribution is 0.329. The number of nitroso groups, excluding NO2 is 1. The summed E-state index contributed by atoms with van der Waals surface area (Å²) < 4.78 is 12.8. The second-order valence-electron chi connectivity index (χ2n) is 7.75. The molecule has 3 N–H and O–H groups in total. The van der Waals surface area contributed by atoms with E-state index in [0.29, 0.717) is 23.9 Å². The minimum atomic E-state index is -0.116. The zero-order valence-electron chi connectivity index (χ0n) is 17.5. The molecule has 0 atom stereocenters. The molecular formula is C22H25FN8O. The van der Waals surface area contributed by atoms with Gasteiger partial charge < -0.3 is 10.6 Å². The molecule has 10 heteroatoms. The van der Waals surface area contributed by atoms with Gasteiger partial charge in [0.05, 0.1) is 18.3 Å². The summed E-state index contributed by atoms with van der Waals surface area (Å²) in [5.74, 6) is 0.990. The molecule has 0 aliphatic heterocycles. The van der Waals surface area contributed by atoms with Crippen LogP contribution in [0.25, 0.3) is 11.3 Å². The van der Waals surface area contributed by atoms with Crippen LogP contribution in [-0.4, -0.2) is 32.0 Å². The van der Waals surface area contributed by atoms with E-state index < -0.39 is 0 Å². The van der Waals surface area contributed by atoms with Crippen molar-refractivity contribution in [1.29, 1.82) is 0 Å². The largest absolute Gasteiger partial charge is 0.367 e. The Morgan fingerprint density at radius 1 is 1.00 bits per heavy atom. The minimum Gasteiger partial charge on any atom is -0.367 e. The maximum atomic E-state index is 12.8. The zero-order valence-corrected chi connectivity index (χ0v) is 17.5. The molecular weight excluding hydrogens is 411 g/mol. The monoisotopic (exact) mass is 436 g/mol. The molecule has 0 saturated heterocycles. The van der Waals surface area contributed by atoms with Gasteiger partial charge in [0.1, 0.15) is 12.1 Å². The number of benzene rings is 1. The maximum absolute atomic E-state index is 12.8. The molecule has 1 fully saturated rings. The van der Waals surface area contributed by atoms with Crippen molar-refractivity contribution in [3.63, 3.8) is 0 Å². The molecule has 4 rings (SSSR count). The summed E-state index contributed by atoms with van der Waals surface area (Å²) in [4.78, 5) is 28.2. The van der Waals surface area contributed by atoms with Gasteiger partial charge in [-0.25, -0.2) is 15.0 Å². The smallest absolute Gasteiger partial charge is 0.224 e. The van der Waals surface area contributed by atoms with Crippen LogP contribution in [0, 0.1) is 4.91 Å². The molecule has 2 heterocycles. The molecule has 0 bridgehead atoms. The topological polar surface area (TPSA) is 117 Å². The van der Waals surface area contributed by atoms with Gasteiger partial charge in [-0.15, -0.1) is 4.48 Å². The Hall–Kier alpha value is -3.53. The minimum absolute atomic E-state index is 0.00146. The Kier molecular flexibility index (Phi) is 7.23. The molecule has 0 amide bonds. The van der Waals surface area contributed by atoms with Crippen LogP contribution in [-0.2, 0) is 13.1 Å². The van der Waals surface area contributed by atoms with Crippen molar-refractivity contribution in [3.8, 4) is 11.3 Å². The fraction of sp³-hybridized carbons (Fsp3) is 0.364. The third-order valence-corrected chi connectivity index (χ3v) is 5.58. The van der Waals surface area contributed by atoms with Crippen molar-refractivity contribution >= 4 is 11.8 Å². The molecule has 3 aromatic rings. The fourth-order valence-electron chi connectivity index (χ4n) is 3.86. The van der Waals surface area contributed by atoms with Crippen molar-refractivity contribution in [2.75, 3.05) is 10.6 Å². The first kappa shape index (κ1) is 21.7. The van der Waals surface area contributed by atoms with E-state index in [9.17, 15) is 9.39 Å². The Bertz CT molecular complexity index is 1030. The molecule has 0 radical (unpaired) electrons. The predicted molar refractivity (Wildman–Crippen MR) is 120 cm³/mol. The Labute approximate surface area is 185 Å². The summed E-state index contributed by atoms with van der Waals surface area (Å²) in [6.45, 7) is 0.430. The number of halogens is 1. The standard InChI is InChI=1S/C22H25FN8O/c23-28-13-17-12-26-22(30-21(17)29-18-6-8-19(31-32)9-7-18)25-11-16-10-24-14-27-20(16)15-4-2-1-3-5-15/h1-5,10,12,14,18-19,28H,6-9,11,13H2,(H2,25,26,29,30). The fourth-order valence-corrected chi connectivity index (χ4v) is 3.86. The van der Waals surface area contributed by atoms with E-state index in [-0.39, 0.29) is 18.6 Å². The summed E-state index contributed by atoms with van der Waals surface area (Å²) in [7, 11) is 0. The third-order valence-electron chi connectivity index (χ3n) is 5.58. The lowest BCUT2D eigenvalue weighted by Crippen LogP contribution is -2.28. The van der Waals surface area contributed by atoms with Gasteiger partial charge >= 0.3 is 0 Å². The van der Waals surface area contributed by atoms with Crippen molar-refractivity contribution in [2.24, 2.45) is 5.18 Å². The molecule has 1 aromatic carbocycles. The second-order valence-corrected chi connectivity index (χ2v) is 7.75. The zero-order chi connectivity index (χ0) is 22.2. The lowest BCUT2D eigenvalue weighted by atomic mass is 9.92. The van der Waals surface area contributed by atoms with Gasteiger partial charge in [-0.2, -0.15) is 15.4 Å². The molecule has 2 aromatic heterocycles. The Balaban J connectivity index is 1.48. The van der Waals surface area contributed by atoms with Gasteiger partial charge in [0.25, 0.3) is 0 Å². The second kappa shape index (κ2) is 10.7. The van der Waals surface area contributed by atoms with E-state index in [0.717, 1.165) is 42.5 Å². The maximum Gasteiger partial charge on any atom is 0.224 e. The Morgan fingerprint density at radius 2 is 1.81 bits per heavy atom. The number of rotatable bonds is 9. The highest BCUT2D eigenvalue weighted by molar-refractivity contribution is 5.62. The van der Waals surface area contributed by atoms with Gasteiger partial charge in [0.15, 0.2) is 0 Å². The number of nitrogens with one attached hydrogen (secondary N) is 3. The molecule has 0 unspecified atom stereocenters. The molecule has 1 aliphatic carbocycles. The van der Waals surface area contributed by atoms with Crippen LogP contribution in [0.1, 0.15) is 36.8 Å². The molecule has 32 heavy (non-hydrogen) atoms. The third kappa shape index (κ3) is 5.38. The molecule has 1 aliphatic rings. The van der Waals surface area contributed by atoms with Crippen molar-refractivity contribution in [1.82, 2.24) is 25.5 Å². The Morgan fingerprint density at radius 3 is 2.56 bits per heavy atom. The lowest BCUT2D eigenvalue weighted by Gasteiger charge is -2.26. The summed E-state index contributed by atoms with van der Waals surface area (Å²) in [5.41, 5.74) is 5.04. The van der Waals surface area contributed by atoms with E-state index in [1.54, 1.807) is 17.9 Å². The number of nitrogens with zero attached hydrogens (tertiary/aromatic N) is 5. The average Bonchev–Trinajstić information content (AvgIpc) is 2.85. The van der Waals surface area contributed by atoms with E-state index in [2.05, 4.69) is 35.7 Å². The number of aromatic nitrogens is 4. The van der Waals surface area contributed by atoms with Gasteiger partial charge in [-0.3, -0.25) is 0 Å². The number of hydrogen-bond acceptors (Lipinski definition) is 9. The highest BCUT2D eigenvalue weighted by atomic mass is 19.2. The van der Waals surface area contributed by atoms with E-state index in [4.69, 9.17) is 0 Å². The van der Waals surface area contributed by atoms with Crippen molar-refractivity contribution in [2.45, 2.75) is 50.9 Å². The molecule has 1 saturated carbocycles. The van der Waals surface area contributed by atoms with Crippen molar-refractivity contribution in [3.05, 3.63) is 65.1 Å². The molecule has 0 spiro atoms. The van der Waals surface area contributed by atoms with Gasteiger partial charge in [0.2, 0.25) is 5.95 Å². The predicted octanol–water partition coefficient (Wildman–Crippen LogP) is 4.01. The quantitative estimate of drug-likeness (QED) is 0.340.